The van der Waals surface area contributed by atoms with Crippen LogP contribution in [0.3, 0.4) is 0 Å². The van der Waals surface area contributed by atoms with Crippen molar-refractivity contribution in [3.8, 4) is 0 Å². The molecular formula is C17H21NO2S. The topological polar surface area (TPSA) is 37.4 Å². The minimum Gasteiger partial charge on any atom is -0.207 e. The van der Waals surface area contributed by atoms with Crippen molar-refractivity contribution in [3.05, 3.63) is 60.4 Å². The van der Waals surface area contributed by atoms with Gasteiger partial charge < -0.3 is 0 Å². The molecule has 21 heavy (non-hydrogen) atoms. The SMILES string of the molecule is C=C=CCN(C/C=C/C1CC1)S(=O)(=O)c1ccc(C)cc1. The van der Waals surface area contributed by atoms with Gasteiger partial charge in [0, 0.05) is 13.1 Å². The van der Waals surface area contributed by atoms with Crippen LogP contribution in [-0.4, -0.2) is 25.8 Å². The highest BCUT2D eigenvalue weighted by molar-refractivity contribution is 7.89. The lowest BCUT2D eigenvalue weighted by Crippen LogP contribution is -2.31. The lowest BCUT2D eigenvalue weighted by atomic mass is 10.2. The summed E-state index contributed by atoms with van der Waals surface area (Å²) in [7, 11) is -3.48. The van der Waals surface area contributed by atoms with Crippen LogP contribution >= 0.6 is 0 Å². The van der Waals surface area contributed by atoms with Crippen LogP contribution in [0.5, 0.6) is 0 Å². The molecule has 0 bridgehead atoms. The number of aryl methyl sites for hydroxylation is 1. The molecular weight excluding hydrogens is 282 g/mol. The summed E-state index contributed by atoms with van der Waals surface area (Å²) in [6.07, 6.45) is 8.12. The molecule has 0 aliphatic heterocycles. The van der Waals surface area contributed by atoms with Crippen molar-refractivity contribution in [2.24, 2.45) is 5.92 Å². The molecule has 1 saturated carbocycles. The van der Waals surface area contributed by atoms with Crippen molar-refractivity contribution in [2.45, 2.75) is 24.7 Å². The second kappa shape index (κ2) is 6.90. The molecule has 3 nitrogen and oxygen atoms in total. The van der Waals surface area contributed by atoms with Crippen LogP contribution in [0.4, 0.5) is 0 Å². The summed E-state index contributed by atoms with van der Waals surface area (Å²) >= 11 is 0. The maximum Gasteiger partial charge on any atom is 0.243 e. The predicted octanol–water partition coefficient (Wildman–Crippen LogP) is 3.29. The van der Waals surface area contributed by atoms with E-state index in [-0.39, 0.29) is 6.54 Å². The first-order valence-electron chi connectivity index (χ1n) is 7.12. The van der Waals surface area contributed by atoms with Gasteiger partial charge in [0.25, 0.3) is 0 Å². The third-order valence-electron chi connectivity index (χ3n) is 3.44. The van der Waals surface area contributed by atoms with Crippen LogP contribution < -0.4 is 0 Å². The number of hydrogen-bond acceptors (Lipinski definition) is 2. The van der Waals surface area contributed by atoms with E-state index in [9.17, 15) is 8.42 Å². The van der Waals surface area contributed by atoms with Crippen LogP contribution in [0.1, 0.15) is 18.4 Å². The van der Waals surface area contributed by atoms with E-state index < -0.39 is 10.0 Å². The molecule has 1 aliphatic rings. The van der Waals surface area contributed by atoms with Gasteiger partial charge >= 0.3 is 0 Å². The summed E-state index contributed by atoms with van der Waals surface area (Å²) in [6.45, 7) is 6.10. The highest BCUT2D eigenvalue weighted by Crippen LogP contribution is 2.30. The number of sulfonamides is 1. The van der Waals surface area contributed by atoms with Crippen LogP contribution in [-0.2, 0) is 10.0 Å². The van der Waals surface area contributed by atoms with Gasteiger partial charge in [-0.2, -0.15) is 4.31 Å². The van der Waals surface area contributed by atoms with Crippen molar-refractivity contribution in [1.29, 1.82) is 0 Å². The first-order valence-corrected chi connectivity index (χ1v) is 8.56. The van der Waals surface area contributed by atoms with Crippen LogP contribution in [0.15, 0.2) is 59.7 Å². The van der Waals surface area contributed by atoms with E-state index in [2.05, 4.69) is 18.4 Å². The Morgan fingerprint density at radius 3 is 2.52 bits per heavy atom. The largest absolute Gasteiger partial charge is 0.243 e. The molecule has 1 aromatic rings. The summed E-state index contributed by atoms with van der Waals surface area (Å²) < 4.78 is 26.8. The van der Waals surface area contributed by atoms with Crippen molar-refractivity contribution < 1.29 is 8.42 Å². The molecule has 1 fully saturated rings. The second-order valence-electron chi connectivity index (χ2n) is 5.31. The van der Waals surface area contributed by atoms with Gasteiger partial charge in [-0.15, -0.1) is 5.73 Å². The standard InChI is InChI=1S/C17H21NO2S/c1-3-4-13-18(14-5-6-16-9-10-16)21(19,20)17-11-7-15(2)8-12-17/h4-8,11-12,16H,1,9-10,13-14H2,2H3/b6-5+. The molecule has 1 aliphatic carbocycles. The number of nitrogens with zero attached hydrogens (tertiary/aromatic N) is 1. The van der Waals surface area contributed by atoms with E-state index in [0.717, 1.165) is 5.56 Å². The molecule has 2 rings (SSSR count). The van der Waals surface area contributed by atoms with Gasteiger partial charge in [-0.3, -0.25) is 0 Å². The quantitative estimate of drug-likeness (QED) is 0.572. The highest BCUT2D eigenvalue weighted by Gasteiger charge is 2.23. The van der Waals surface area contributed by atoms with Gasteiger partial charge in [-0.25, -0.2) is 8.42 Å². The maximum absolute atomic E-state index is 12.7. The van der Waals surface area contributed by atoms with Gasteiger partial charge in [0.2, 0.25) is 10.0 Å². The van der Waals surface area contributed by atoms with E-state index in [4.69, 9.17) is 0 Å². The molecule has 0 N–H and O–H groups in total. The monoisotopic (exact) mass is 303 g/mol. The van der Waals surface area contributed by atoms with E-state index in [1.54, 1.807) is 18.2 Å². The number of benzene rings is 1. The number of hydrogen-bond donors (Lipinski definition) is 0. The lowest BCUT2D eigenvalue weighted by molar-refractivity contribution is 0.473. The molecule has 4 heteroatoms. The smallest absolute Gasteiger partial charge is 0.207 e. The minimum atomic E-state index is -3.48. The zero-order valence-corrected chi connectivity index (χ0v) is 13.1. The van der Waals surface area contributed by atoms with Gasteiger partial charge in [0.1, 0.15) is 0 Å². The van der Waals surface area contributed by atoms with Crippen molar-refractivity contribution in [2.75, 3.05) is 13.1 Å². The fourth-order valence-corrected chi connectivity index (χ4v) is 3.29. The summed E-state index contributed by atoms with van der Waals surface area (Å²) in [5.74, 6) is 0.642. The molecule has 0 radical (unpaired) electrons. The molecule has 0 amide bonds. The Kier molecular flexibility index (Phi) is 5.18. The summed E-state index contributed by atoms with van der Waals surface area (Å²) in [6, 6.07) is 6.93. The Morgan fingerprint density at radius 2 is 1.95 bits per heavy atom. The Hall–Kier alpha value is -1.61. The van der Waals surface area contributed by atoms with Crippen LogP contribution in [0.2, 0.25) is 0 Å². The Labute approximate surface area is 127 Å². The lowest BCUT2D eigenvalue weighted by Gasteiger charge is -2.19. The van der Waals surface area contributed by atoms with Gasteiger partial charge in [0.15, 0.2) is 0 Å². The third-order valence-corrected chi connectivity index (χ3v) is 5.28. The van der Waals surface area contributed by atoms with E-state index in [1.165, 1.54) is 17.1 Å². The van der Waals surface area contributed by atoms with Crippen LogP contribution in [0.25, 0.3) is 0 Å². The fraction of sp³-hybridized carbons (Fsp3) is 0.353. The highest BCUT2D eigenvalue weighted by atomic mass is 32.2. The minimum absolute atomic E-state index is 0.286. The van der Waals surface area contributed by atoms with Crippen molar-refractivity contribution in [1.82, 2.24) is 4.31 Å². The van der Waals surface area contributed by atoms with Crippen molar-refractivity contribution in [3.63, 3.8) is 0 Å². The molecule has 0 saturated heterocycles. The first-order chi connectivity index (χ1) is 10.0. The average molecular weight is 303 g/mol. The average Bonchev–Trinajstić information content (AvgIpc) is 3.27. The normalized spacial score (nSPS) is 15.3. The zero-order valence-electron chi connectivity index (χ0n) is 12.3. The molecule has 0 spiro atoms. The molecule has 0 atom stereocenters. The molecule has 0 aromatic heterocycles. The van der Waals surface area contributed by atoms with Crippen molar-refractivity contribution >= 4 is 10.0 Å². The second-order valence-corrected chi connectivity index (χ2v) is 7.25. The third kappa shape index (κ3) is 4.43. The van der Waals surface area contributed by atoms with E-state index >= 15 is 0 Å². The van der Waals surface area contributed by atoms with Gasteiger partial charge in [0.05, 0.1) is 4.90 Å². The van der Waals surface area contributed by atoms with Gasteiger partial charge in [-0.1, -0.05) is 36.4 Å². The van der Waals surface area contributed by atoms with E-state index in [0.29, 0.717) is 17.4 Å². The molecule has 1 aromatic carbocycles. The molecule has 0 unspecified atom stereocenters. The predicted molar refractivity (Wildman–Crippen MR) is 85.5 cm³/mol. The number of rotatable bonds is 7. The fourth-order valence-electron chi connectivity index (χ4n) is 1.96. The number of allylic oxidation sites excluding steroid dienone is 1. The molecule has 0 heterocycles. The summed E-state index contributed by atoms with van der Waals surface area (Å²) in [4.78, 5) is 0.324. The summed E-state index contributed by atoms with van der Waals surface area (Å²) in [5.41, 5.74) is 3.68. The Morgan fingerprint density at radius 1 is 1.29 bits per heavy atom. The van der Waals surface area contributed by atoms with Crippen LogP contribution in [0, 0.1) is 12.8 Å². The Bertz CT molecular complexity index is 649. The van der Waals surface area contributed by atoms with Gasteiger partial charge in [-0.05, 0) is 43.9 Å². The van der Waals surface area contributed by atoms with E-state index in [1.807, 2.05) is 25.1 Å². The molecule has 112 valence electrons. The zero-order chi connectivity index (χ0) is 15.3. The first kappa shape index (κ1) is 15.8. The Balaban J connectivity index is 2.19. The summed E-state index contributed by atoms with van der Waals surface area (Å²) in [5, 5.41) is 0. The maximum atomic E-state index is 12.7.